The molecular formula is C23H29N3O7S. The van der Waals surface area contributed by atoms with Crippen molar-refractivity contribution in [2.24, 2.45) is 5.73 Å². The molecule has 1 fully saturated rings. The Morgan fingerprint density at radius 1 is 1.03 bits per heavy atom. The van der Waals surface area contributed by atoms with Crippen molar-refractivity contribution >= 4 is 27.5 Å². The van der Waals surface area contributed by atoms with Crippen LogP contribution in [0.5, 0.6) is 17.2 Å². The van der Waals surface area contributed by atoms with Crippen LogP contribution in [-0.2, 0) is 14.8 Å². The summed E-state index contributed by atoms with van der Waals surface area (Å²) in [6, 6.07) is 7.53. The highest BCUT2D eigenvalue weighted by atomic mass is 32.2. The molecule has 184 valence electrons. The topological polar surface area (TPSA) is 137 Å². The number of carbonyl (C=O) groups is 2. The summed E-state index contributed by atoms with van der Waals surface area (Å²) >= 11 is 0. The maximum atomic E-state index is 13.1. The second kappa shape index (κ2) is 10.7. The fourth-order valence-corrected chi connectivity index (χ4v) is 5.19. The Kier molecular flexibility index (Phi) is 8.00. The number of rotatable bonds is 9. The van der Waals surface area contributed by atoms with E-state index in [0.29, 0.717) is 24.3 Å². The van der Waals surface area contributed by atoms with Crippen molar-refractivity contribution in [2.45, 2.75) is 31.1 Å². The zero-order valence-corrected chi connectivity index (χ0v) is 20.2. The number of nitrogens with two attached hydrogens (primary N) is 1. The van der Waals surface area contributed by atoms with Crippen molar-refractivity contribution in [2.75, 3.05) is 39.2 Å². The first-order chi connectivity index (χ1) is 16.2. The quantitative estimate of drug-likeness (QED) is 0.549. The number of hydrogen-bond donors (Lipinski definition) is 2. The molecule has 0 spiro atoms. The Morgan fingerprint density at radius 2 is 1.65 bits per heavy atom. The van der Waals surface area contributed by atoms with Crippen LogP contribution in [0.2, 0.25) is 0 Å². The average molecular weight is 492 g/mol. The van der Waals surface area contributed by atoms with Crippen LogP contribution in [-0.4, -0.2) is 58.5 Å². The van der Waals surface area contributed by atoms with Crippen molar-refractivity contribution in [1.29, 1.82) is 0 Å². The van der Waals surface area contributed by atoms with Gasteiger partial charge in [0.05, 0.1) is 19.1 Å². The summed E-state index contributed by atoms with van der Waals surface area (Å²) in [4.78, 5) is 24.3. The second-order valence-corrected chi connectivity index (χ2v) is 9.80. The van der Waals surface area contributed by atoms with E-state index in [1.54, 1.807) is 19.1 Å². The Balaban J connectivity index is 1.89. The van der Waals surface area contributed by atoms with E-state index in [2.05, 4.69) is 5.32 Å². The molecule has 34 heavy (non-hydrogen) atoms. The average Bonchev–Trinajstić information content (AvgIpc) is 2.83. The number of methoxy groups -OCH3 is 2. The molecule has 2 aromatic rings. The van der Waals surface area contributed by atoms with Gasteiger partial charge in [0, 0.05) is 24.3 Å². The lowest BCUT2D eigenvalue weighted by Crippen LogP contribution is -2.35. The Hall–Kier alpha value is -3.31. The highest BCUT2D eigenvalue weighted by Crippen LogP contribution is 2.39. The summed E-state index contributed by atoms with van der Waals surface area (Å²) in [5.41, 5.74) is 6.39. The lowest BCUT2D eigenvalue weighted by molar-refractivity contribution is -0.120. The summed E-state index contributed by atoms with van der Waals surface area (Å²) in [5, 5.41) is 2.77. The molecule has 0 aliphatic carbocycles. The Morgan fingerprint density at radius 3 is 2.21 bits per heavy atom. The van der Waals surface area contributed by atoms with Crippen molar-refractivity contribution in [3.8, 4) is 17.2 Å². The highest BCUT2D eigenvalue weighted by Gasteiger charge is 2.27. The van der Waals surface area contributed by atoms with Crippen molar-refractivity contribution in [3.05, 3.63) is 41.5 Å². The minimum Gasteiger partial charge on any atom is -0.493 e. The summed E-state index contributed by atoms with van der Waals surface area (Å²) in [7, 11) is -0.891. The molecule has 0 bridgehead atoms. The number of benzene rings is 2. The van der Waals surface area contributed by atoms with E-state index in [1.807, 2.05) is 0 Å². The largest absolute Gasteiger partial charge is 0.493 e. The van der Waals surface area contributed by atoms with Crippen LogP contribution in [0, 0.1) is 6.92 Å². The zero-order valence-electron chi connectivity index (χ0n) is 19.4. The van der Waals surface area contributed by atoms with Gasteiger partial charge in [0.25, 0.3) is 11.8 Å². The molecule has 10 nitrogen and oxygen atoms in total. The molecule has 0 atom stereocenters. The highest BCUT2D eigenvalue weighted by molar-refractivity contribution is 7.89. The predicted molar refractivity (Wildman–Crippen MR) is 126 cm³/mol. The molecule has 1 heterocycles. The number of anilines is 1. The van der Waals surface area contributed by atoms with Gasteiger partial charge in [-0.05, 0) is 49.6 Å². The molecule has 11 heteroatoms. The Bertz CT molecular complexity index is 1150. The predicted octanol–water partition coefficient (Wildman–Crippen LogP) is 2.30. The van der Waals surface area contributed by atoms with Crippen LogP contribution in [0.3, 0.4) is 0 Å². The third-order valence-electron chi connectivity index (χ3n) is 5.49. The smallest absolute Gasteiger partial charge is 0.255 e. The van der Waals surface area contributed by atoms with Gasteiger partial charge < -0.3 is 25.3 Å². The summed E-state index contributed by atoms with van der Waals surface area (Å²) in [5.74, 6) is -0.714. The summed E-state index contributed by atoms with van der Waals surface area (Å²) in [6.07, 6.45) is 2.68. The lowest BCUT2D eigenvalue weighted by atomic mass is 10.1. The number of carbonyl (C=O) groups excluding carboxylic acids is 2. The van der Waals surface area contributed by atoms with Gasteiger partial charge in [0.15, 0.2) is 18.1 Å². The van der Waals surface area contributed by atoms with Gasteiger partial charge in [-0.1, -0.05) is 12.5 Å². The lowest BCUT2D eigenvalue weighted by Gasteiger charge is -2.26. The molecule has 0 saturated carbocycles. The van der Waals surface area contributed by atoms with Crippen LogP contribution in [0.25, 0.3) is 0 Å². The molecule has 0 aromatic heterocycles. The second-order valence-electron chi connectivity index (χ2n) is 7.86. The van der Waals surface area contributed by atoms with Gasteiger partial charge in [-0.2, -0.15) is 4.31 Å². The van der Waals surface area contributed by atoms with Crippen LogP contribution in [0.15, 0.2) is 35.2 Å². The van der Waals surface area contributed by atoms with Crippen molar-refractivity contribution < 1.29 is 32.2 Å². The maximum Gasteiger partial charge on any atom is 0.255 e. The van der Waals surface area contributed by atoms with E-state index < -0.39 is 28.4 Å². The monoisotopic (exact) mass is 491 g/mol. The van der Waals surface area contributed by atoms with Gasteiger partial charge in [-0.25, -0.2) is 8.42 Å². The number of nitrogens with zero attached hydrogens (tertiary/aromatic N) is 1. The fraction of sp³-hybridized carbons (Fsp3) is 0.391. The zero-order chi connectivity index (χ0) is 24.9. The number of ether oxygens (including phenoxy) is 3. The molecule has 3 rings (SSSR count). The van der Waals surface area contributed by atoms with Crippen LogP contribution in [0.1, 0.15) is 35.2 Å². The van der Waals surface area contributed by atoms with E-state index in [1.165, 1.54) is 36.7 Å². The molecule has 1 aliphatic heterocycles. The molecule has 3 N–H and O–H groups in total. The minimum atomic E-state index is -3.65. The van der Waals surface area contributed by atoms with Gasteiger partial charge in [-0.15, -0.1) is 0 Å². The molecule has 0 unspecified atom stereocenters. The Labute approximate surface area is 199 Å². The molecule has 2 amide bonds. The van der Waals surface area contributed by atoms with E-state index in [4.69, 9.17) is 19.9 Å². The van der Waals surface area contributed by atoms with Gasteiger partial charge in [0.1, 0.15) is 0 Å². The molecule has 0 radical (unpaired) electrons. The number of piperidine rings is 1. The number of sulfonamides is 1. The van der Waals surface area contributed by atoms with Gasteiger partial charge in [0.2, 0.25) is 15.8 Å². The molecule has 1 saturated heterocycles. The van der Waals surface area contributed by atoms with E-state index in [9.17, 15) is 18.0 Å². The first kappa shape index (κ1) is 25.3. The first-order valence-corrected chi connectivity index (χ1v) is 12.2. The number of primary amides is 1. The van der Waals surface area contributed by atoms with Crippen molar-refractivity contribution in [3.63, 3.8) is 0 Å². The number of amides is 2. The van der Waals surface area contributed by atoms with E-state index in [-0.39, 0.29) is 27.7 Å². The SMILES string of the molecule is COc1cc(C(=O)Nc2cc(S(=O)(=O)N3CCCCC3)ccc2C)cc(OC)c1OCC(N)=O. The van der Waals surface area contributed by atoms with E-state index in [0.717, 1.165) is 19.3 Å². The standard InChI is InChI=1S/C23H29N3O7S/c1-15-7-8-17(34(29,30)26-9-5-4-6-10-26)13-18(15)25-23(28)16-11-19(31-2)22(20(12-16)32-3)33-14-21(24)27/h7-8,11-13H,4-6,9-10,14H2,1-3H3,(H2,24,27)(H,25,28). The number of hydrogen-bond acceptors (Lipinski definition) is 7. The van der Waals surface area contributed by atoms with Crippen LogP contribution in [0.4, 0.5) is 5.69 Å². The summed E-state index contributed by atoms with van der Waals surface area (Å²) in [6.45, 7) is 2.36. The van der Waals surface area contributed by atoms with Gasteiger partial charge >= 0.3 is 0 Å². The molecule has 1 aliphatic rings. The minimum absolute atomic E-state index is 0.126. The maximum absolute atomic E-state index is 13.1. The molecule has 2 aromatic carbocycles. The number of aryl methyl sites for hydroxylation is 1. The number of nitrogens with one attached hydrogen (secondary N) is 1. The van der Waals surface area contributed by atoms with Crippen molar-refractivity contribution in [1.82, 2.24) is 4.31 Å². The van der Waals surface area contributed by atoms with Crippen LogP contribution < -0.4 is 25.3 Å². The third-order valence-corrected chi connectivity index (χ3v) is 7.39. The fourth-order valence-electron chi connectivity index (χ4n) is 3.64. The third kappa shape index (κ3) is 5.60. The normalized spacial score (nSPS) is 14.3. The van der Waals surface area contributed by atoms with E-state index >= 15 is 0 Å². The molecular weight excluding hydrogens is 462 g/mol. The summed E-state index contributed by atoms with van der Waals surface area (Å²) < 4.78 is 43.5. The van der Waals surface area contributed by atoms with Gasteiger partial charge in [-0.3, -0.25) is 9.59 Å². The first-order valence-electron chi connectivity index (χ1n) is 10.8. The van der Waals surface area contributed by atoms with Crippen LogP contribution >= 0.6 is 0 Å².